The van der Waals surface area contributed by atoms with Crippen LogP contribution < -0.4 is 4.90 Å². The van der Waals surface area contributed by atoms with E-state index in [0.717, 1.165) is 12.1 Å². The van der Waals surface area contributed by atoms with E-state index in [2.05, 4.69) is 18.1 Å². The lowest BCUT2D eigenvalue weighted by atomic mass is 9.91. The van der Waals surface area contributed by atoms with Crippen LogP contribution in [0.1, 0.15) is 40.9 Å². The summed E-state index contributed by atoms with van der Waals surface area (Å²) in [6.07, 6.45) is 2.45. The van der Waals surface area contributed by atoms with E-state index in [9.17, 15) is 9.18 Å². The van der Waals surface area contributed by atoms with E-state index in [1.807, 2.05) is 23.1 Å². The fourth-order valence-corrected chi connectivity index (χ4v) is 3.59. The van der Waals surface area contributed by atoms with Crippen molar-refractivity contribution in [2.45, 2.75) is 26.2 Å². The number of benzene rings is 2. The molecule has 132 valence electrons. The maximum atomic E-state index is 14.1. The molecule has 0 bridgehead atoms. The van der Waals surface area contributed by atoms with Crippen LogP contribution in [0.15, 0.2) is 54.7 Å². The van der Waals surface area contributed by atoms with Crippen LogP contribution in [0, 0.1) is 12.7 Å². The van der Waals surface area contributed by atoms with Crippen LogP contribution in [-0.4, -0.2) is 22.2 Å². The van der Waals surface area contributed by atoms with E-state index in [1.165, 1.54) is 22.5 Å². The lowest BCUT2D eigenvalue weighted by molar-refractivity contribution is 0.0983. The Kier molecular flexibility index (Phi) is 4.07. The molecule has 3 aromatic rings. The van der Waals surface area contributed by atoms with Crippen LogP contribution in [0.3, 0.4) is 0 Å². The second kappa shape index (κ2) is 6.41. The quantitative estimate of drug-likeness (QED) is 0.684. The Labute approximate surface area is 151 Å². The Morgan fingerprint density at radius 1 is 1.12 bits per heavy atom. The lowest BCUT2D eigenvalue weighted by Gasteiger charge is -2.32. The average molecular weight is 349 g/mol. The number of carbonyl (C=O) groups excluding carboxylic acids is 1. The van der Waals surface area contributed by atoms with Crippen molar-refractivity contribution in [1.82, 2.24) is 9.78 Å². The molecule has 0 radical (unpaired) electrons. The molecule has 0 saturated carbocycles. The maximum Gasteiger partial charge on any atom is 0.261 e. The number of fused-ring (bicyclic) bond motifs is 1. The zero-order valence-electron chi connectivity index (χ0n) is 14.8. The Balaban J connectivity index is 1.73. The summed E-state index contributed by atoms with van der Waals surface area (Å²) in [6.45, 7) is 4.65. The Morgan fingerprint density at radius 2 is 1.81 bits per heavy atom. The van der Waals surface area contributed by atoms with Gasteiger partial charge in [0.05, 0.1) is 17.5 Å². The second-order valence-electron chi connectivity index (χ2n) is 6.71. The van der Waals surface area contributed by atoms with Gasteiger partial charge in [0.25, 0.3) is 5.91 Å². The van der Waals surface area contributed by atoms with Gasteiger partial charge >= 0.3 is 0 Å². The first-order chi connectivity index (χ1) is 12.6. The van der Waals surface area contributed by atoms with Crippen molar-refractivity contribution in [2.24, 2.45) is 0 Å². The number of rotatable bonds is 2. The van der Waals surface area contributed by atoms with Gasteiger partial charge in [-0.1, -0.05) is 37.3 Å². The normalized spacial score (nSPS) is 16.4. The van der Waals surface area contributed by atoms with Gasteiger partial charge in [0.2, 0.25) is 0 Å². The monoisotopic (exact) mass is 349 g/mol. The zero-order valence-corrected chi connectivity index (χ0v) is 14.8. The minimum Gasteiger partial charge on any atom is -0.308 e. The molecule has 0 fully saturated rings. The molecule has 1 amide bonds. The number of aromatic nitrogens is 2. The van der Waals surface area contributed by atoms with Gasteiger partial charge in [-0.25, -0.2) is 9.07 Å². The molecule has 1 atom stereocenters. The van der Waals surface area contributed by atoms with Crippen LogP contribution in [-0.2, 0) is 0 Å². The number of halogens is 1. The minimum atomic E-state index is -0.366. The second-order valence-corrected chi connectivity index (χ2v) is 6.71. The van der Waals surface area contributed by atoms with E-state index in [-0.39, 0.29) is 11.7 Å². The van der Waals surface area contributed by atoms with Crippen molar-refractivity contribution in [2.75, 3.05) is 11.4 Å². The fourth-order valence-electron chi connectivity index (χ4n) is 3.59. The molecule has 1 aliphatic rings. The summed E-state index contributed by atoms with van der Waals surface area (Å²) in [6, 6.07) is 14.5. The van der Waals surface area contributed by atoms with Crippen LogP contribution in [0.4, 0.5) is 10.1 Å². The van der Waals surface area contributed by atoms with E-state index in [1.54, 1.807) is 25.1 Å². The topological polar surface area (TPSA) is 38.1 Å². The van der Waals surface area contributed by atoms with E-state index < -0.39 is 0 Å². The van der Waals surface area contributed by atoms with Crippen molar-refractivity contribution in [3.8, 4) is 5.69 Å². The van der Waals surface area contributed by atoms with Crippen molar-refractivity contribution in [3.63, 3.8) is 0 Å². The van der Waals surface area contributed by atoms with Gasteiger partial charge in [-0.05, 0) is 43.0 Å². The van der Waals surface area contributed by atoms with Crippen molar-refractivity contribution in [1.29, 1.82) is 0 Å². The molecule has 2 heterocycles. The predicted octanol–water partition coefficient (Wildman–Crippen LogP) is 4.47. The highest BCUT2D eigenvalue weighted by Crippen LogP contribution is 2.35. The molecule has 0 N–H and O–H groups in total. The van der Waals surface area contributed by atoms with Gasteiger partial charge < -0.3 is 4.90 Å². The zero-order chi connectivity index (χ0) is 18.3. The SMILES string of the molecule is Cc1c(C(=O)N2CCC(C)c3ccccc32)cnn1-c1ccccc1F. The highest BCUT2D eigenvalue weighted by Gasteiger charge is 2.29. The molecule has 4 nitrogen and oxygen atoms in total. The van der Waals surface area contributed by atoms with Crippen molar-refractivity contribution < 1.29 is 9.18 Å². The molecule has 0 saturated heterocycles. The predicted molar refractivity (Wildman–Crippen MR) is 99.4 cm³/mol. The molecule has 2 aromatic carbocycles. The Bertz CT molecular complexity index is 979. The molecule has 0 spiro atoms. The molecule has 1 unspecified atom stereocenters. The van der Waals surface area contributed by atoms with Crippen LogP contribution in [0.25, 0.3) is 5.69 Å². The minimum absolute atomic E-state index is 0.0931. The number of carbonyl (C=O) groups is 1. The van der Waals surface area contributed by atoms with E-state index in [0.29, 0.717) is 29.4 Å². The van der Waals surface area contributed by atoms with Crippen molar-refractivity contribution >= 4 is 11.6 Å². The summed E-state index contributed by atoms with van der Waals surface area (Å²) in [5.74, 6) is -0.0308. The van der Waals surface area contributed by atoms with Gasteiger partial charge in [0.15, 0.2) is 0 Å². The first kappa shape index (κ1) is 16.5. The van der Waals surface area contributed by atoms with Crippen LogP contribution in [0.2, 0.25) is 0 Å². The lowest BCUT2D eigenvalue weighted by Crippen LogP contribution is -2.36. The standard InChI is InChI=1S/C21H20FN3O/c1-14-11-12-24(19-9-5-3-7-16(14)19)21(26)17-13-23-25(15(17)2)20-10-6-4-8-18(20)22/h3-10,13-14H,11-12H2,1-2H3. The summed E-state index contributed by atoms with van der Waals surface area (Å²) < 4.78 is 15.6. The van der Waals surface area contributed by atoms with Crippen LogP contribution >= 0.6 is 0 Å². The third kappa shape index (κ3) is 2.60. The fraction of sp³-hybridized carbons (Fsp3) is 0.238. The highest BCUT2D eigenvalue weighted by molar-refractivity contribution is 6.07. The molecule has 5 heteroatoms. The first-order valence-electron chi connectivity index (χ1n) is 8.78. The van der Waals surface area contributed by atoms with E-state index in [4.69, 9.17) is 0 Å². The third-order valence-corrected chi connectivity index (χ3v) is 5.11. The Morgan fingerprint density at radius 3 is 2.58 bits per heavy atom. The number of hydrogen-bond donors (Lipinski definition) is 0. The molecular formula is C21H20FN3O. The van der Waals surface area contributed by atoms with Gasteiger partial charge in [-0.15, -0.1) is 0 Å². The molecule has 1 aliphatic heterocycles. The molecule has 4 rings (SSSR count). The van der Waals surface area contributed by atoms with Crippen molar-refractivity contribution in [3.05, 3.63) is 77.4 Å². The highest BCUT2D eigenvalue weighted by atomic mass is 19.1. The van der Waals surface area contributed by atoms with Crippen LogP contribution in [0.5, 0.6) is 0 Å². The number of para-hydroxylation sites is 2. The summed E-state index contributed by atoms with van der Waals surface area (Å²) >= 11 is 0. The Hall–Kier alpha value is -2.95. The smallest absolute Gasteiger partial charge is 0.261 e. The third-order valence-electron chi connectivity index (χ3n) is 5.11. The number of hydrogen-bond acceptors (Lipinski definition) is 2. The summed E-state index contributed by atoms with van der Waals surface area (Å²) in [5, 5.41) is 4.26. The summed E-state index contributed by atoms with van der Waals surface area (Å²) in [7, 11) is 0. The average Bonchev–Trinajstić information content (AvgIpc) is 3.03. The van der Waals surface area contributed by atoms with Gasteiger partial charge in [0, 0.05) is 12.2 Å². The molecular weight excluding hydrogens is 329 g/mol. The molecule has 1 aromatic heterocycles. The number of anilines is 1. The number of nitrogens with zero attached hydrogens (tertiary/aromatic N) is 3. The van der Waals surface area contributed by atoms with Gasteiger partial charge in [0.1, 0.15) is 11.5 Å². The van der Waals surface area contributed by atoms with Gasteiger partial charge in [-0.2, -0.15) is 5.10 Å². The summed E-state index contributed by atoms with van der Waals surface area (Å²) in [5.41, 5.74) is 3.62. The molecule has 0 aliphatic carbocycles. The summed E-state index contributed by atoms with van der Waals surface area (Å²) in [4.78, 5) is 15.0. The largest absolute Gasteiger partial charge is 0.308 e. The van der Waals surface area contributed by atoms with Gasteiger partial charge in [-0.3, -0.25) is 4.79 Å². The maximum absolute atomic E-state index is 14.1. The number of amides is 1. The van der Waals surface area contributed by atoms with E-state index >= 15 is 0 Å². The molecule has 26 heavy (non-hydrogen) atoms. The first-order valence-corrected chi connectivity index (χ1v) is 8.78.